The fourth-order valence-electron chi connectivity index (χ4n) is 3.11. The second-order valence-corrected chi connectivity index (χ2v) is 6.70. The fraction of sp³-hybridized carbons (Fsp3) is 0.533. The highest BCUT2D eigenvalue weighted by atomic mass is 32.2. The summed E-state index contributed by atoms with van der Waals surface area (Å²) in [7, 11) is 0. The maximum Gasteiger partial charge on any atom is 0.234 e. The number of nitrogens with one attached hydrogen (secondary N) is 1. The van der Waals surface area contributed by atoms with Crippen LogP contribution in [-0.2, 0) is 11.2 Å². The summed E-state index contributed by atoms with van der Waals surface area (Å²) < 4.78 is 0. The number of thioether (sulfide) groups is 1. The Bertz CT molecular complexity index is 452. The van der Waals surface area contributed by atoms with E-state index in [1.807, 2.05) is 12.1 Å². The zero-order valence-corrected chi connectivity index (χ0v) is 11.8. The van der Waals surface area contributed by atoms with E-state index in [1.165, 1.54) is 16.9 Å². The van der Waals surface area contributed by atoms with E-state index in [4.69, 9.17) is 5.73 Å². The molecule has 0 aromatic heterocycles. The van der Waals surface area contributed by atoms with Crippen LogP contribution < -0.4 is 11.1 Å². The second-order valence-electron chi connectivity index (χ2n) is 5.46. The van der Waals surface area contributed by atoms with Crippen molar-refractivity contribution in [3.8, 4) is 0 Å². The van der Waals surface area contributed by atoms with Crippen molar-refractivity contribution in [1.29, 1.82) is 0 Å². The minimum Gasteiger partial charge on any atom is -0.352 e. The van der Waals surface area contributed by atoms with Crippen molar-refractivity contribution in [3.05, 3.63) is 29.8 Å². The van der Waals surface area contributed by atoms with Gasteiger partial charge in [0.25, 0.3) is 0 Å². The lowest BCUT2D eigenvalue weighted by Gasteiger charge is -2.21. The molecule has 19 heavy (non-hydrogen) atoms. The maximum atomic E-state index is 12.4. The van der Waals surface area contributed by atoms with Crippen molar-refractivity contribution in [3.63, 3.8) is 0 Å². The van der Waals surface area contributed by atoms with E-state index in [0.717, 1.165) is 19.3 Å². The van der Waals surface area contributed by atoms with Crippen LogP contribution in [-0.4, -0.2) is 23.7 Å². The number of benzene rings is 1. The first-order chi connectivity index (χ1) is 9.28. The molecule has 4 heteroatoms. The van der Waals surface area contributed by atoms with Gasteiger partial charge in [0.15, 0.2) is 0 Å². The van der Waals surface area contributed by atoms with Gasteiger partial charge in [-0.25, -0.2) is 0 Å². The van der Waals surface area contributed by atoms with Crippen LogP contribution in [0.4, 0.5) is 0 Å². The van der Waals surface area contributed by atoms with Crippen LogP contribution in [0.5, 0.6) is 0 Å². The zero-order chi connectivity index (χ0) is 13.2. The molecule has 1 amide bonds. The summed E-state index contributed by atoms with van der Waals surface area (Å²) in [5.74, 6) is 0.657. The van der Waals surface area contributed by atoms with Crippen LogP contribution in [0.2, 0.25) is 0 Å². The highest BCUT2D eigenvalue weighted by Crippen LogP contribution is 2.37. The van der Waals surface area contributed by atoms with E-state index < -0.39 is 0 Å². The molecule has 1 heterocycles. The van der Waals surface area contributed by atoms with Gasteiger partial charge in [-0.2, -0.15) is 0 Å². The number of rotatable bonds is 3. The molecular weight excluding hydrogens is 256 g/mol. The molecule has 3 nitrogen and oxygen atoms in total. The van der Waals surface area contributed by atoms with Gasteiger partial charge in [0.1, 0.15) is 0 Å². The Balaban J connectivity index is 1.61. The number of hydrogen-bond donors (Lipinski definition) is 2. The summed E-state index contributed by atoms with van der Waals surface area (Å²) in [6, 6.07) is 8.59. The highest BCUT2D eigenvalue weighted by Gasteiger charge is 2.32. The molecule has 1 aliphatic carbocycles. The van der Waals surface area contributed by atoms with E-state index in [-0.39, 0.29) is 11.2 Å². The molecule has 1 saturated carbocycles. The molecule has 0 spiro atoms. The maximum absolute atomic E-state index is 12.4. The third-order valence-electron chi connectivity index (χ3n) is 4.23. The summed E-state index contributed by atoms with van der Waals surface area (Å²) >= 11 is 1.69. The lowest BCUT2D eigenvalue weighted by atomic mass is 10.0. The van der Waals surface area contributed by atoms with E-state index >= 15 is 0 Å². The van der Waals surface area contributed by atoms with Crippen molar-refractivity contribution in [2.75, 3.05) is 6.54 Å². The average molecular weight is 276 g/mol. The molecule has 1 aromatic carbocycles. The van der Waals surface area contributed by atoms with Gasteiger partial charge >= 0.3 is 0 Å². The molecule has 3 rings (SSSR count). The zero-order valence-electron chi connectivity index (χ0n) is 11.0. The predicted molar refractivity (Wildman–Crippen MR) is 78.1 cm³/mol. The van der Waals surface area contributed by atoms with Crippen LogP contribution in [0.15, 0.2) is 29.2 Å². The first-order valence-corrected chi connectivity index (χ1v) is 7.91. The van der Waals surface area contributed by atoms with Crippen molar-refractivity contribution < 1.29 is 4.79 Å². The molecule has 1 aromatic rings. The Morgan fingerprint density at radius 2 is 2.21 bits per heavy atom. The third-order valence-corrected chi connectivity index (χ3v) is 5.55. The Morgan fingerprint density at radius 1 is 1.37 bits per heavy atom. The Labute approximate surface area is 118 Å². The predicted octanol–water partition coefficient (Wildman–Crippen LogP) is 1.95. The topological polar surface area (TPSA) is 55.1 Å². The van der Waals surface area contributed by atoms with Gasteiger partial charge in [0.2, 0.25) is 5.91 Å². The van der Waals surface area contributed by atoms with Crippen LogP contribution in [0.1, 0.15) is 24.8 Å². The molecule has 0 radical (unpaired) electrons. The molecule has 0 bridgehead atoms. The minimum absolute atomic E-state index is 0.0384. The number of carbonyl (C=O) groups excluding carboxylic acids is 1. The summed E-state index contributed by atoms with van der Waals surface area (Å²) in [5, 5.41) is 3.26. The molecule has 102 valence electrons. The van der Waals surface area contributed by atoms with Crippen molar-refractivity contribution in [1.82, 2.24) is 5.32 Å². The van der Waals surface area contributed by atoms with Gasteiger partial charge in [0.05, 0.1) is 5.25 Å². The second kappa shape index (κ2) is 5.55. The lowest BCUT2D eigenvalue weighted by Crippen LogP contribution is -2.43. The van der Waals surface area contributed by atoms with Crippen LogP contribution in [0.3, 0.4) is 0 Å². The normalized spacial score (nSPS) is 29.2. The van der Waals surface area contributed by atoms with Crippen LogP contribution >= 0.6 is 11.8 Å². The fourth-order valence-corrected chi connectivity index (χ4v) is 4.32. The largest absolute Gasteiger partial charge is 0.352 e. The minimum atomic E-state index is 0.0384. The summed E-state index contributed by atoms with van der Waals surface area (Å²) in [6.07, 6.45) is 4.27. The SMILES string of the molecule is NCC1CCCC1NC(=O)C1Cc2ccccc2S1. The lowest BCUT2D eigenvalue weighted by molar-refractivity contribution is -0.121. The molecule has 3 atom stereocenters. The number of carbonyl (C=O) groups is 1. The van der Waals surface area contributed by atoms with E-state index in [9.17, 15) is 4.79 Å². The molecule has 2 aliphatic rings. The van der Waals surface area contributed by atoms with Gasteiger partial charge in [-0.3, -0.25) is 4.79 Å². The molecular formula is C15H20N2OS. The van der Waals surface area contributed by atoms with Gasteiger partial charge in [-0.05, 0) is 43.4 Å². The van der Waals surface area contributed by atoms with Crippen molar-refractivity contribution in [2.45, 2.75) is 41.9 Å². The Hall–Kier alpha value is -1.00. The number of fused-ring (bicyclic) bond motifs is 1. The number of nitrogens with two attached hydrogens (primary N) is 1. The average Bonchev–Trinajstić information content (AvgIpc) is 3.03. The molecule has 0 saturated heterocycles. The van der Waals surface area contributed by atoms with E-state index in [2.05, 4.69) is 17.4 Å². The van der Waals surface area contributed by atoms with Gasteiger partial charge in [0, 0.05) is 10.9 Å². The quantitative estimate of drug-likeness (QED) is 0.887. The molecule has 3 unspecified atom stereocenters. The standard InChI is InChI=1S/C15H20N2OS/c16-9-11-5-3-6-12(11)17-15(18)14-8-10-4-1-2-7-13(10)19-14/h1-2,4,7,11-12,14H,3,5-6,8-9,16H2,(H,17,18). The van der Waals surface area contributed by atoms with Gasteiger partial charge in [-0.15, -0.1) is 11.8 Å². The van der Waals surface area contributed by atoms with Crippen LogP contribution in [0, 0.1) is 5.92 Å². The summed E-state index contributed by atoms with van der Waals surface area (Å²) in [6.45, 7) is 0.684. The van der Waals surface area contributed by atoms with Crippen molar-refractivity contribution >= 4 is 17.7 Å². The molecule has 1 aliphatic heterocycles. The first kappa shape index (κ1) is 13.0. The summed E-state index contributed by atoms with van der Waals surface area (Å²) in [4.78, 5) is 13.6. The number of hydrogen-bond acceptors (Lipinski definition) is 3. The van der Waals surface area contributed by atoms with E-state index in [1.54, 1.807) is 11.8 Å². The smallest absolute Gasteiger partial charge is 0.234 e. The molecule has 3 N–H and O–H groups in total. The van der Waals surface area contributed by atoms with Crippen LogP contribution in [0.25, 0.3) is 0 Å². The molecule has 1 fully saturated rings. The van der Waals surface area contributed by atoms with E-state index in [0.29, 0.717) is 18.5 Å². The first-order valence-electron chi connectivity index (χ1n) is 7.03. The monoisotopic (exact) mass is 276 g/mol. The third kappa shape index (κ3) is 2.65. The Kier molecular flexibility index (Phi) is 3.80. The van der Waals surface area contributed by atoms with Gasteiger partial charge in [-0.1, -0.05) is 24.6 Å². The number of amides is 1. The highest BCUT2D eigenvalue weighted by molar-refractivity contribution is 8.01. The van der Waals surface area contributed by atoms with Gasteiger partial charge < -0.3 is 11.1 Å². The van der Waals surface area contributed by atoms with Crippen molar-refractivity contribution in [2.24, 2.45) is 11.7 Å². The Morgan fingerprint density at radius 3 is 3.00 bits per heavy atom. The summed E-state index contributed by atoms with van der Waals surface area (Å²) in [5.41, 5.74) is 7.07.